The van der Waals surface area contributed by atoms with Gasteiger partial charge in [-0.15, -0.1) is 0 Å². The van der Waals surface area contributed by atoms with E-state index < -0.39 is 0 Å². The Bertz CT molecular complexity index is 511. The molecule has 17 heavy (non-hydrogen) atoms. The van der Waals surface area contributed by atoms with Gasteiger partial charge in [-0.25, -0.2) is 0 Å². The summed E-state index contributed by atoms with van der Waals surface area (Å²) in [5, 5.41) is 0. The lowest BCUT2D eigenvalue weighted by atomic mass is 10.1. The van der Waals surface area contributed by atoms with Crippen molar-refractivity contribution in [2.24, 2.45) is 0 Å². The predicted octanol–water partition coefficient (Wildman–Crippen LogP) is 2.18. The van der Waals surface area contributed by atoms with E-state index >= 15 is 0 Å². The molecule has 0 radical (unpaired) electrons. The molecule has 2 heterocycles. The third kappa shape index (κ3) is 2.01. The van der Waals surface area contributed by atoms with E-state index in [4.69, 9.17) is 5.73 Å². The molecule has 86 valence electrons. The fourth-order valence-corrected chi connectivity index (χ4v) is 2.31. The third-order valence-electron chi connectivity index (χ3n) is 3.21. The molecule has 0 aliphatic carbocycles. The Labute approximate surface area is 101 Å². The highest BCUT2D eigenvalue weighted by atomic mass is 15.1. The van der Waals surface area contributed by atoms with Gasteiger partial charge in [-0.3, -0.25) is 9.88 Å². The number of nitrogens with zero attached hydrogens (tertiary/aromatic N) is 2. The summed E-state index contributed by atoms with van der Waals surface area (Å²) in [4.78, 5) is 6.70. The Morgan fingerprint density at radius 3 is 2.41 bits per heavy atom. The number of rotatable bonds is 2. The minimum Gasteiger partial charge on any atom is -0.397 e. The van der Waals surface area contributed by atoms with Gasteiger partial charge in [0.1, 0.15) is 0 Å². The van der Waals surface area contributed by atoms with Crippen LogP contribution in [0.5, 0.6) is 0 Å². The van der Waals surface area contributed by atoms with Crippen LogP contribution >= 0.6 is 0 Å². The topological polar surface area (TPSA) is 42.1 Å². The molecule has 0 amide bonds. The van der Waals surface area contributed by atoms with Crippen molar-refractivity contribution in [1.82, 2.24) is 9.88 Å². The zero-order chi connectivity index (χ0) is 11.7. The number of anilines is 1. The highest BCUT2D eigenvalue weighted by molar-refractivity contribution is 5.42. The maximum atomic E-state index is 5.91. The van der Waals surface area contributed by atoms with Crippen molar-refractivity contribution in [3.63, 3.8) is 0 Å². The minimum absolute atomic E-state index is 0.781. The lowest BCUT2D eigenvalue weighted by Gasteiger charge is -2.15. The molecule has 0 bridgehead atoms. The molecular formula is C14H15N3. The van der Waals surface area contributed by atoms with Gasteiger partial charge in [0.15, 0.2) is 0 Å². The molecule has 0 spiro atoms. The highest BCUT2D eigenvalue weighted by Gasteiger charge is 2.19. The summed E-state index contributed by atoms with van der Waals surface area (Å²) in [6.45, 7) is 2.81. The van der Waals surface area contributed by atoms with Gasteiger partial charge in [-0.05, 0) is 23.3 Å². The molecule has 1 aromatic heterocycles. The number of aromatic nitrogens is 1. The van der Waals surface area contributed by atoms with Crippen LogP contribution in [0.15, 0.2) is 42.6 Å². The molecule has 0 unspecified atom stereocenters. The molecule has 0 fully saturated rings. The highest BCUT2D eigenvalue weighted by Crippen LogP contribution is 2.24. The summed E-state index contributed by atoms with van der Waals surface area (Å²) < 4.78 is 0. The van der Waals surface area contributed by atoms with Crippen LogP contribution in [-0.2, 0) is 19.6 Å². The molecule has 2 N–H and O–H groups in total. The molecule has 0 saturated heterocycles. The standard InChI is InChI=1S/C14H15N3/c15-13-6-3-7-16-14(13)10-17-8-11-4-1-2-5-12(11)9-17/h1-7H,8-10,15H2. The van der Waals surface area contributed by atoms with Crippen LogP contribution in [0.4, 0.5) is 5.69 Å². The molecule has 1 aliphatic rings. The maximum Gasteiger partial charge on any atom is 0.0772 e. The summed E-state index contributed by atoms with van der Waals surface area (Å²) >= 11 is 0. The summed E-state index contributed by atoms with van der Waals surface area (Å²) in [5.74, 6) is 0. The zero-order valence-corrected chi connectivity index (χ0v) is 9.63. The number of nitrogens with two attached hydrogens (primary N) is 1. The van der Waals surface area contributed by atoms with Crippen LogP contribution in [0.1, 0.15) is 16.8 Å². The van der Waals surface area contributed by atoms with E-state index in [1.54, 1.807) is 6.20 Å². The van der Waals surface area contributed by atoms with Gasteiger partial charge in [0.25, 0.3) is 0 Å². The SMILES string of the molecule is Nc1cccnc1CN1Cc2ccccc2C1. The molecule has 3 heteroatoms. The lowest BCUT2D eigenvalue weighted by molar-refractivity contribution is 0.272. The monoisotopic (exact) mass is 225 g/mol. The van der Waals surface area contributed by atoms with Crippen LogP contribution in [0.25, 0.3) is 0 Å². The Morgan fingerprint density at radius 2 is 1.76 bits per heavy atom. The average Bonchev–Trinajstić information content (AvgIpc) is 2.74. The smallest absolute Gasteiger partial charge is 0.0772 e. The number of benzene rings is 1. The number of nitrogen functional groups attached to an aromatic ring is 1. The first-order chi connectivity index (χ1) is 8.33. The Kier molecular flexibility index (Phi) is 2.53. The van der Waals surface area contributed by atoms with Gasteiger partial charge in [0, 0.05) is 25.8 Å². The fourth-order valence-electron chi connectivity index (χ4n) is 2.31. The molecular weight excluding hydrogens is 210 g/mol. The van der Waals surface area contributed by atoms with Gasteiger partial charge in [-0.1, -0.05) is 24.3 Å². The van der Waals surface area contributed by atoms with Gasteiger partial charge in [-0.2, -0.15) is 0 Å². The maximum absolute atomic E-state index is 5.91. The Hall–Kier alpha value is -1.87. The molecule has 1 aliphatic heterocycles. The quantitative estimate of drug-likeness (QED) is 0.851. The van der Waals surface area contributed by atoms with Crippen molar-refractivity contribution in [3.05, 3.63) is 59.4 Å². The lowest BCUT2D eigenvalue weighted by Crippen LogP contribution is -2.17. The summed E-state index contributed by atoms with van der Waals surface area (Å²) in [7, 11) is 0. The first-order valence-corrected chi connectivity index (χ1v) is 5.81. The second-order valence-electron chi connectivity index (χ2n) is 4.45. The van der Waals surface area contributed by atoms with Crippen molar-refractivity contribution >= 4 is 5.69 Å². The van der Waals surface area contributed by atoms with Gasteiger partial charge < -0.3 is 5.73 Å². The molecule has 0 saturated carbocycles. The van der Waals surface area contributed by atoms with Crippen LogP contribution in [-0.4, -0.2) is 9.88 Å². The van der Waals surface area contributed by atoms with Crippen molar-refractivity contribution < 1.29 is 0 Å². The second kappa shape index (κ2) is 4.18. The number of fused-ring (bicyclic) bond motifs is 1. The van der Waals surface area contributed by atoms with E-state index in [1.165, 1.54) is 11.1 Å². The van der Waals surface area contributed by atoms with Crippen molar-refractivity contribution in [2.75, 3.05) is 5.73 Å². The van der Waals surface area contributed by atoms with E-state index in [1.807, 2.05) is 12.1 Å². The van der Waals surface area contributed by atoms with E-state index in [9.17, 15) is 0 Å². The zero-order valence-electron chi connectivity index (χ0n) is 9.63. The third-order valence-corrected chi connectivity index (χ3v) is 3.21. The summed E-state index contributed by atoms with van der Waals surface area (Å²) in [6, 6.07) is 12.4. The van der Waals surface area contributed by atoms with Crippen LogP contribution in [0.3, 0.4) is 0 Å². The van der Waals surface area contributed by atoms with E-state index in [0.29, 0.717) is 0 Å². The number of hydrogen-bond donors (Lipinski definition) is 1. The minimum atomic E-state index is 0.781. The molecule has 1 aromatic carbocycles. The molecule has 2 aromatic rings. The van der Waals surface area contributed by atoms with E-state index in [2.05, 4.69) is 34.1 Å². The molecule has 3 rings (SSSR count). The van der Waals surface area contributed by atoms with Gasteiger partial charge in [0.05, 0.1) is 11.4 Å². The fraction of sp³-hybridized carbons (Fsp3) is 0.214. The van der Waals surface area contributed by atoms with Crippen LogP contribution < -0.4 is 5.73 Å². The van der Waals surface area contributed by atoms with Gasteiger partial charge in [0.2, 0.25) is 0 Å². The van der Waals surface area contributed by atoms with Crippen molar-refractivity contribution in [1.29, 1.82) is 0 Å². The number of hydrogen-bond acceptors (Lipinski definition) is 3. The van der Waals surface area contributed by atoms with E-state index in [0.717, 1.165) is 31.0 Å². The summed E-state index contributed by atoms with van der Waals surface area (Å²) in [6.07, 6.45) is 1.80. The largest absolute Gasteiger partial charge is 0.397 e. The first-order valence-electron chi connectivity index (χ1n) is 5.81. The summed E-state index contributed by atoms with van der Waals surface area (Å²) in [5.41, 5.74) is 10.5. The normalized spacial score (nSPS) is 14.8. The first kappa shape index (κ1) is 10.3. The van der Waals surface area contributed by atoms with E-state index in [-0.39, 0.29) is 0 Å². The van der Waals surface area contributed by atoms with Crippen molar-refractivity contribution in [3.8, 4) is 0 Å². The van der Waals surface area contributed by atoms with Gasteiger partial charge >= 0.3 is 0 Å². The van der Waals surface area contributed by atoms with Crippen molar-refractivity contribution in [2.45, 2.75) is 19.6 Å². The number of pyridine rings is 1. The van der Waals surface area contributed by atoms with Crippen LogP contribution in [0, 0.1) is 0 Å². The average molecular weight is 225 g/mol. The molecule has 3 nitrogen and oxygen atoms in total. The predicted molar refractivity (Wildman–Crippen MR) is 68.0 cm³/mol. The second-order valence-corrected chi connectivity index (χ2v) is 4.45. The molecule has 0 atom stereocenters. The van der Waals surface area contributed by atoms with Crippen LogP contribution in [0.2, 0.25) is 0 Å². The Balaban J connectivity index is 1.76. The Morgan fingerprint density at radius 1 is 1.06 bits per heavy atom.